The van der Waals surface area contributed by atoms with Crippen molar-refractivity contribution in [1.29, 1.82) is 0 Å². The molecule has 1 aromatic carbocycles. The van der Waals surface area contributed by atoms with Crippen molar-refractivity contribution in [2.75, 3.05) is 6.54 Å². The molecule has 1 aromatic rings. The normalized spacial score (nSPS) is 18.7. The van der Waals surface area contributed by atoms with Crippen molar-refractivity contribution in [2.24, 2.45) is 5.92 Å². The number of halogens is 1. The first-order valence-electron chi connectivity index (χ1n) is 8.25. The highest BCUT2D eigenvalue weighted by atomic mass is 79.9. The Morgan fingerprint density at radius 2 is 1.95 bits per heavy atom. The minimum absolute atomic E-state index is 0.636. The molecule has 20 heavy (non-hydrogen) atoms. The molecule has 1 unspecified atom stereocenters. The summed E-state index contributed by atoms with van der Waals surface area (Å²) in [4.78, 5) is 0. The molecule has 0 bridgehead atoms. The Morgan fingerprint density at radius 1 is 1.20 bits per heavy atom. The molecule has 0 spiro atoms. The van der Waals surface area contributed by atoms with Gasteiger partial charge in [0, 0.05) is 10.5 Å². The van der Waals surface area contributed by atoms with Gasteiger partial charge in [0.2, 0.25) is 0 Å². The lowest BCUT2D eigenvalue weighted by atomic mass is 9.90. The van der Waals surface area contributed by atoms with E-state index in [-0.39, 0.29) is 0 Å². The summed E-state index contributed by atoms with van der Waals surface area (Å²) >= 11 is 3.58. The van der Waals surface area contributed by atoms with Gasteiger partial charge in [0.25, 0.3) is 0 Å². The highest BCUT2D eigenvalue weighted by Crippen LogP contribution is 2.27. The molecule has 1 atom stereocenters. The SMILES string of the molecule is CCNC(Cc1cccc(Br)c1)CC1CCCCCC1. The fourth-order valence-electron chi connectivity index (χ4n) is 3.48. The van der Waals surface area contributed by atoms with Crippen molar-refractivity contribution in [3.8, 4) is 0 Å². The van der Waals surface area contributed by atoms with E-state index < -0.39 is 0 Å². The third kappa shape index (κ3) is 5.57. The van der Waals surface area contributed by atoms with Crippen molar-refractivity contribution >= 4 is 15.9 Å². The number of hydrogen-bond acceptors (Lipinski definition) is 1. The summed E-state index contributed by atoms with van der Waals surface area (Å²) in [5, 5.41) is 3.70. The second-order valence-electron chi connectivity index (χ2n) is 6.18. The molecule has 1 N–H and O–H groups in total. The summed E-state index contributed by atoms with van der Waals surface area (Å²) in [6, 6.07) is 9.41. The first-order valence-corrected chi connectivity index (χ1v) is 9.05. The van der Waals surface area contributed by atoms with Crippen molar-refractivity contribution in [1.82, 2.24) is 5.32 Å². The van der Waals surface area contributed by atoms with E-state index in [9.17, 15) is 0 Å². The van der Waals surface area contributed by atoms with E-state index in [0.717, 1.165) is 18.9 Å². The number of rotatable bonds is 6. The minimum atomic E-state index is 0.636. The van der Waals surface area contributed by atoms with Crippen LogP contribution in [-0.2, 0) is 6.42 Å². The van der Waals surface area contributed by atoms with Gasteiger partial charge in [-0.2, -0.15) is 0 Å². The molecule has 0 amide bonds. The maximum absolute atomic E-state index is 3.70. The van der Waals surface area contributed by atoms with E-state index in [1.807, 2.05) is 0 Å². The van der Waals surface area contributed by atoms with Crippen molar-refractivity contribution in [3.05, 3.63) is 34.3 Å². The monoisotopic (exact) mass is 337 g/mol. The van der Waals surface area contributed by atoms with Gasteiger partial charge in [0.05, 0.1) is 0 Å². The van der Waals surface area contributed by atoms with E-state index in [1.165, 1.54) is 55.0 Å². The van der Waals surface area contributed by atoms with Gasteiger partial charge in [0.1, 0.15) is 0 Å². The Balaban J connectivity index is 1.91. The highest BCUT2D eigenvalue weighted by molar-refractivity contribution is 9.10. The third-order valence-corrected chi connectivity index (χ3v) is 4.95. The lowest BCUT2D eigenvalue weighted by Gasteiger charge is -2.23. The lowest BCUT2D eigenvalue weighted by molar-refractivity contribution is 0.353. The molecule has 1 saturated carbocycles. The summed E-state index contributed by atoms with van der Waals surface area (Å²) in [6.07, 6.45) is 11.2. The Labute approximate surface area is 132 Å². The first-order chi connectivity index (χ1) is 9.78. The summed E-state index contributed by atoms with van der Waals surface area (Å²) in [5.41, 5.74) is 1.44. The molecular formula is C18H28BrN. The molecule has 0 radical (unpaired) electrons. The zero-order valence-electron chi connectivity index (χ0n) is 12.7. The van der Waals surface area contributed by atoms with Gasteiger partial charge < -0.3 is 5.32 Å². The van der Waals surface area contributed by atoms with E-state index in [4.69, 9.17) is 0 Å². The Bertz CT molecular complexity index is 383. The second kappa shape index (κ2) is 8.84. The van der Waals surface area contributed by atoms with Gasteiger partial charge in [-0.25, -0.2) is 0 Å². The van der Waals surface area contributed by atoms with E-state index in [2.05, 4.69) is 52.4 Å². The van der Waals surface area contributed by atoms with Crippen LogP contribution < -0.4 is 5.32 Å². The third-order valence-electron chi connectivity index (χ3n) is 4.46. The quantitative estimate of drug-likeness (QED) is 0.691. The first kappa shape index (κ1) is 16.0. The number of benzene rings is 1. The lowest BCUT2D eigenvalue weighted by Crippen LogP contribution is -2.33. The van der Waals surface area contributed by atoms with E-state index >= 15 is 0 Å². The predicted molar refractivity (Wildman–Crippen MR) is 91.1 cm³/mol. The molecule has 2 heteroatoms. The van der Waals surface area contributed by atoms with Crippen LogP contribution in [0.25, 0.3) is 0 Å². The van der Waals surface area contributed by atoms with E-state index in [0.29, 0.717) is 6.04 Å². The van der Waals surface area contributed by atoms with Crippen molar-refractivity contribution in [3.63, 3.8) is 0 Å². The zero-order chi connectivity index (χ0) is 14.2. The van der Waals surface area contributed by atoms with Gasteiger partial charge >= 0.3 is 0 Å². The Kier molecular flexibility index (Phi) is 7.09. The molecule has 0 saturated heterocycles. The van der Waals surface area contributed by atoms with Gasteiger partial charge in [-0.05, 0) is 43.0 Å². The molecule has 0 aromatic heterocycles. The van der Waals surface area contributed by atoms with Crippen LogP contribution in [0.5, 0.6) is 0 Å². The minimum Gasteiger partial charge on any atom is -0.314 e. The van der Waals surface area contributed by atoms with Gasteiger partial charge in [-0.1, -0.05) is 73.5 Å². The molecule has 1 nitrogen and oxygen atoms in total. The summed E-state index contributed by atoms with van der Waals surface area (Å²) in [5.74, 6) is 0.939. The maximum atomic E-state index is 3.70. The van der Waals surface area contributed by atoms with Crippen LogP contribution in [0.2, 0.25) is 0 Å². The number of likely N-dealkylation sites (N-methyl/N-ethyl adjacent to an activating group) is 1. The highest BCUT2D eigenvalue weighted by Gasteiger charge is 2.18. The average molecular weight is 338 g/mol. The molecule has 1 aliphatic carbocycles. The van der Waals surface area contributed by atoms with Crippen molar-refractivity contribution < 1.29 is 0 Å². The Hall–Kier alpha value is -0.340. The van der Waals surface area contributed by atoms with Crippen LogP contribution in [0.1, 0.15) is 57.4 Å². The van der Waals surface area contributed by atoms with Crippen LogP contribution in [0.3, 0.4) is 0 Å². The van der Waals surface area contributed by atoms with Crippen LogP contribution in [0, 0.1) is 5.92 Å². The fourth-order valence-corrected chi connectivity index (χ4v) is 3.92. The standard InChI is InChI=1S/C18H28BrN/c1-2-20-18(13-15-8-5-3-4-6-9-15)14-16-10-7-11-17(19)12-16/h7,10-12,15,18,20H,2-6,8-9,13-14H2,1H3. The second-order valence-corrected chi connectivity index (χ2v) is 7.10. The summed E-state index contributed by atoms with van der Waals surface area (Å²) in [6.45, 7) is 3.30. The van der Waals surface area contributed by atoms with Crippen molar-refractivity contribution in [2.45, 2.75) is 64.3 Å². The zero-order valence-corrected chi connectivity index (χ0v) is 14.3. The summed E-state index contributed by atoms with van der Waals surface area (Å²) in [7, 11) is 0. The largest absolute Gasteiger partial charge is 0.314 e. The number of hydrogen-bond donors (Lipinski definition) is 1. The molecule has 0 heterocycles. The van der Waals surface area contributed by atoms with Crippen LogP contribution >= 0.6 is 15.9 Å². The maximum Gasteiger partial charge on any atom is 0.0178 e. The van der Waals surface area contributed by atoms with Crippen LogP contribution in [0.15, 0.2) is 28.7 Å². The number of nitrogens with one attached hydrogen (secondary N) is 1. The van der Waals surface area contributed by atoms with Gasteiger partial charge in [-0.15, -0.1) is 0 Å². The predicted octanol–water partition coefficient (Wildman–Crippen LogP) is 5.33. The average Bonchev–Trinajstić information content (AvgIpc) is 2.68. The van der Waals surface area contributed by atoms with E-state index in [1.54, 1.807) is 0 Å². The molecule has 1 fully saturated rings. The molecule has 112 valence electrons. The van der Waals surface area contributed by atoms with Crippen LogP contribution in [0.4, 0.5) is 0 Å². The van der Waals surface area contributed by atoms with Crippen LogP contribution in [-0.4, -0.2) is 12.6 Å². The van der Waals surface area contributed by atoms with Gasteiger partial charge in [-0.3, -0.25) is 0 Å². The Morgan fingerprint density at radius 3 is 2.60 bits per heavy atom. The fraction of sp³-hybridized carbons (Fsp3) is 0.667. The molecule has 0 aliphatic heterocycles. The van der Waals surface area contributed by atoms with Gasteiger partial charge in [0.15, 0.2) is 0 Å². The molecule has 2 rings (SSSR count). The molecular weight excluding hydrogens is 310 g/mol. The molecule has 1 aliphatic rings. The smallest absolute Gasteiger partial charge is 0.0178 e. The topological polar surface area (TPSA) is 12.0 Å². The summed E-state index contributed by atoms with van der Waals surface area (Å²) < 4.78 is 1.19.